The highest BCUT2D eigenvalue weighted by molar-refractivity contribution is 5.44. The van der Waals surface area contributed by atoms with Crippen LogP contribution in [0.1, 0.15) is 50.6 Å². The molecule has 3 nitrogen and oxygen atoms in total. The third-order valence-electron chi connectivity index (χ3n) is 4.54. The summed E-state index contributed by atoms with van der Waals surface area (Å²) in [4.78, 5) is 0. The van der Waals surface area contributed by atoms with Gasteiger partial charge in [0.25, 0.3) is 0 Å². The quantitative estimate of drug-likeness (QED) is 0.889. The fourth-order valence-corrected chi connectivity index (χ4v) is 3.25. The number of hydrogen-bond acceptors (Lipinski definition) is 3. The summed E-state index contributed by atoms with van der Waals surface area (Å²) in [5, 5.41) is 3.64. The molecule has 1 atom stereocenters. The van der Waals surface area contributed by atoms with E-state index < -0.39 is 0 Å². The molecule has 1 aliphatic carbocycles. The summed E-state index contributed by atoms with van der Waals surface area (Å²) in [6.45, 7) is 4.64. The van der Waals surface area contributed by atoms with Gasteiger partial charge in [-0.25, -0.2) is 0 Å². The van der Waals surface area contributed by atoms with Crippen LogP contribution in [0.5, 0.6) is 11.5 Å². The van der Waals surface area contributed by atoms with Crippen molar-refractivity contribution >= 4 is 0 Å². The van der Waals surface area contributed by atoms with Gasteiger partial charge in [-0.3, -0.25) is 0 Å². The molecule has 3 rings (SSSR count). The number of rotatable bonds is 5. The average molecular weight is 275 g/mol. The van der Waals surface area contributed by atoms with Crippen molar-refractivity contribution in [3.63, 3.8) is 0 Å². The predicted molar refractivity (Wildman–Crippen MR) is 80.4 cm³/mol. The first-order valence-electron chi connectivity index (χ1n) is 7.96. The molecule has 2 aliphatic rings. The smallest absolute Gasteiger partial charge is 0.161 e. The summed E-state index contributed by atoms with van der Waals surface area (Å²) in [5.74, 6) is 2.71. The topological polar surface area (TPSA) is 30.5 Å². The summed E-state index contributed by atoms with van der Waals surface area (Å²) in [6.07, 6.45) is 7.04. The number of ether oxygens (including phenoxy) is 2. The van der Waals surface area contributed by atoms with E-state index in [0.29, 0.717) is 19.3 Å². The molecule has 0 spiro atoms. The largest absolute Gasteiger partial charge is 0.486 e. The molecule has 1 aliphatic heterocycles. The van der Waals surface area contributed by atoms with Crippen molar-refractivity contribution in [1.82, 2.24) is 5.32 Å². The molecule has 1 saturated carbocycles. The zero-order chi connectivity index (χ0) is 13.8. The highest BCUT2D eigenvalue weighted by atomic mass is 16.6. The van der Waals surface area contributed by atoms with E-state index in [1.165, 1.54) is 37.7 Å². The summed E-state index contributed by atoms with van der Waals surface area (Å²) < 4.78 is 11.2. The lowest BCUT2D eigenvalue weighted by molar-refractivity contribution is 0.171. The van der Waals surface area contributed by atoms with Crippen LogP contribution in [0.3, 0.4) is 0 Å². The Morgan fingerprint density at radius 3 is 2.70 bits per heavy atom. The zero-order valence-electron chi connectivity index (χ0n) is 12.4. The van der Waals surface area contributed by atoms with Crippen LogP contribution in [-0.4, -0.2) is 19.8 Å². The predicted octanol–water partition coefficient (Wildman–Crippen LogP) is 3.69. The van der Waals surface area contributed by atoms with Gasteiger partial charge in [0.1, 0.15) is 13.2 Å². The third kappa shape index (κ3) is 3.26. The fourth-order valence-electron chi connectivity index (χ4n) is 3.25. The Bertz CT molecular complexity index is 441. The molecule has 1 aromatic rings. The van der Waals surface area contributed by atoms with Crippen molar-refractivity contribution in [2.45, 2.75) is 45.1 Å². The molecule has 1 aromatic carbocycles. The molecule has 0 saturated heterocycles. The average Bonchev–Trinajstić information content (AvgIpc) is 3.00. The molecule has 1 fully saturated rings. The number of fused-ring (bicyclic) bond motifs is 1. The van der Waals surface area contributed by atoms with Crippen molar-refractivity contribution in [2.75, 3.05) is 19.8 Å². The molecule has 1 unspecified atom stereocenters. The minimum atomic E-state index is 0.368. The molecule has 20 heavy (non-hydrogen) atoms. The van der Waals surface area contributed by atoms with Gasteiger partial charge in [0.05, 0.1) is 0 Å². The maximum Gasteiger partial charge on any atom is 0.161 e. The molecule has 0 bridgehead atoms. The van der Waals surface area contributed by atoms with Crippen LogP contribution in [-0.2, 0) is 0 Å². The molecule has 1 heterocycles. The van der Waals surface area contributed by atoms with E-state index in [1.807, 2.05) is 6.07 Å². The van der Waals surface area contributed by atoms with E-state index in [0.717, 1.165) is 24.0 Å². The lowest BCUT2D eigenvalue weighted by atomic mass is 10.0. The van der Waals surface area contributed by atoms with Crippen LogP contribution in [0, 0.1) is 5.92 Å². The first-order valence-corrected chi connectivity index (χ1v) is 7.96. The van der Waals surface area contributed by atoms with E-state index in [4.69, 9.17) is 9.47 Å². The summed E-state index contributed by atoms with van der Waals surface area (Å²) in [5.41, 5.74) is 1.28. The minimum absolute atomic E-state index is 0.368. The van der Waals surface area contributed by atoms with Crippen molar-refractivity contribution in [3.8, 4) is 11.5 Å². The molecule has 110 valence electrons. The van der Waals surface area contributed by atoms with Gasteiger partial charge in [-0.15, -0.1) is 0 Å². The van der Waals surface area contributed by atoms with E-state index >= 15 is 0 Å². The van der Waals surface area contributed by atoms with Crippen LogP contribution in [0.25, 0.3) is 0 Å². The van der Waals surface area contributed by atoms with Crippen LogP contribution >= 0.6 is 0 Å². The second-order valence-electron chi connectivity index (χ2n) is 6.02. The van der Waals surface area contributed by atoms with E-state index in [9.17, 15) is 0 Å². The first-order chi connectivity index (χ1) is 9.83. The summed E-state index contributed by atoms with van der Waals surface area (Å²) in [7, 11) is 0. The van der Waals surface area contributed by atoms with E-state index in [2.05, 4.69) is 24.4 Å². The molecule has 0 amide bonds. The van der Waals surface area contributed by atoms with Gasteiger partial charge >= 0.3 is 0 Å². The van der Waals surface area contributed by atoms with Gasteiger partial charge in [0.2, 0.25) is 0 Å². The third-order valence-corrected chi connectivity index (χ3v) is 4.54. The van der Waals surface area contributed by atoms with Gasteiger partial charge in [0.15, 0.2) is 11.5 Å². The lowest BCUT2D eigenvalue weighted by Gasteiger charge is -2.21. The van der Waals surface area contributed by atoms with Gasteiger partial charge in [-0.2, -0.15) is 0 Å². The normalized spacial score (nSPS) is 20.1. The van der Waals surface area contributed by atoms with Crippen molar-refractivity contribution in [2.24, 2.45) is 5.92 Å². The lowest BCUT2D eigenvalue weighted by Crippen LogP contribution is -2.22. The maximum atomic E-state index is 5.65. The van der Waals surface area contributed by atoms with Crippen LogP contribution < -0.4 is 14.8 Å². The SMILES string of the molecule is CC(NCCC1CCCC1)c1ccc2c(c1)OCCO2. The number of hydrogen-bond donors (Lipinski definition) is 1. The standard InChI is InChI=1S/C17H25NO2/c1-13(18-9-8-14-4-2-3-5-14)15-6-7-16-17(12-15)20-11-10-19-16/h6-7,12-14,18H,2-5,8-11H2,1H3. The van der Waals surface area contributed by atoms with Crippen molar-refractivity contribution in [1.29, 1.82) is 0 Å². The monoisotopic (exact) mass is 275 g/mol. The van der Waals surface area contributed by atoms with Crippen LogP contribution in [0.15, 0.2) is 18.2 Å². The highest BCUT2D eigenvalue weighted by Crippen LogP contribution is 2.32. The zero-order valence-corrected chi connectivity index (χ0v) is 12.4. The summed E-state index contributed by atoms with van der Waals surface area (Å²) >= 11 is 0. The molecular weight excluding hydrogens is 250 g/mol. The Labute approximate surface area is 121 Å². The number of benzene rings is 1. The van der Waals surface area contributed by atoms with Crippen molar-refractivity contribution in [3.05, 3.63) is 23.8 Å². The Balaban J connectivity index is 1.52. The Hall–Kier alpha value is -1.22. The van der Waals surface area contributed by atoms with Gasteiger partial charge < -0.3 is 14.8 Å². The van der Waals surface area contributed by atoms with E-state index in [-0.39, 0.29) is 0 Å². The Morgan fingerprint density at radius 1 is 1.15 bits per heavy atom. The second kappa shape index (κ2) is 6.49. The summed E-state index contributed by atoms with van der Waals surface area (Å²) in [6, 6.07) is 6.65. The van der Waals surface area contributed by atoms with Gasteiger partial charge in [0, 0.05) is 6.04 Å². The number of nitrogens with one attached hydrogen (secondary N) is 1. The fraction of sp³-hybridized carbons (Fsp3) is 0.647. The van der Waals surface area contributed by atoms with E-state index in [1.54, 1.807) is 0 Å². The second-order valence-corrected chi connectivity index (χ2v) is 6.02. The Morgan fingerprint density at radius 2 is 1.90 bits per heavy atom. The van der Waals surface area contributed by atoms with Gasteiger partial charge in [-0.1, -0.05) is 31.7 Å². The van der Waals surface area contributed by atoms with Crippen LogP contribution in [0.2, 0.25) is 0 Å². The van der Waals surface area contributed by atoms with Crippen molar-refractivity contribution < 1.29 is 9.47 Å². The molecule has 0 aromatic heterocycles. The Kier molecular flexibility index (Phi) is 4.46. The molecular formula is C17H25NO2. The van der Waals surface area contributed by atoms with Gasteiger partial charge in [-0.05, 0) is 43.5 Å². The van der Waals surface area contributed by atoms with Crippen LogP contribution in [0.4, 0.5) is 0 Å². The minimum Gasteiger partial charge on any atom is -0.486 e. The highest BCUT2D eigenvalue weighted by Gasteiger charge is 2.16. The maximum absolute atomic E-state index is 5.65. The molecule has 0 radical (unpaired) electrons. The molecule has 3 heteroatoms. The molecule has 1 N–H and O–H groups in total. The first kappa shape index (κ1) is 13.7.